The van der Waals surface area contributed by atoms with Crippen molar-refractivity contribution in [1.82, 2.24) is 5.32 Å². The summed E-state index contributed by atoms with van der Waals surface area (Å²) in [6.07, 6.45) is 3.20. The molecule has 0 atom stereocenters. The minimum absolute atomic E-state index is 0.0224. The molecule has 18 heavy (non-hydrogen) atoms. The number of phenolic OH excluding ortho intramolecular Hbond substituents is 1. The van der Waals surface area contributed by atoms with Gasteiger partial charge in [0.2, 0.25) is 0 Å². The molecular formula is C14H22N2O2. The van der Waals surface area contributed by atoms with Gasteiger partial charge in [-0.3, -0.25) is 4.79 Å². The Bertz CT molecular complexity index is 403. The van der Waals surface area contributed by atoms with Gasteiger partial charge in [-0.25, -0.2) is 0 Å². The molecule has 1 amide bonds. The zero-order chi connectivity index (χ0) is 13.5. The highest BCUT2D eigenvalue weighted by atomic mass is 16.3. The molecule has 4 nitrogen and oxygen atoms in total. The Morgan fingerprint density at radius 2 is 2.06 bits per heavy atom. The predicted molar refractivity (Wildman–Crippen MR) is 74.3 cm³/mol. The van der Waals surface area contributed by atoms with Crippen LogP contribution in [-0.4, -0.2) is 31.7 Å². The Hall–Kier alpha value is -1.71. The SMILES string of the molecule is CCCCCNC(=O)c1ccc(N(C)C)cc1O. The molecule has 0 aromatic heterocycles. The van der Waals surface area contributed by atoms with E-state index >= 15 is 0 Å². The molecule has 4 heteroatoms. The van der Waals surface area contributed by atoms with Crippen LogP contribution in [0.25, 0.3) is 0 Å². The summed E-state index contributed by atoms with van der Waals surface area (Å²) < 4.78 is 0. The number of benzene rings is 1. The average molecular weight is 250 g/mol. The number of nitrogens with zero attached hydrogens (tertiary/aromatic N) is 1. The summed E-state index contributed by atoms with van der Waals surface area (Å²) in [6.45, 7) is 2.77. The first-order valence-corrected chi connectivity index (χ1v) is 6.34. The largest absolute Gasteiger partial charge is 0.507 e. The maximum absolute atomic E-state index is 11.8. The van der Waals surface area contributed by atoms with Crippen LogP contribution < -0.4 is 10.2 Å². The van der Waals surface area contributed by atoms with Crippen LogP contribution in [0.1, 0.15) is 36.5 Å². The number of carbonyl (C=O) groups is 1. The number of rotatable bonds is 6. The highest BCUT2D eigenvalue weighted by Gasteiger charge is 2.11. The Morgan fingerprint density at radius 1 is 1.33 bits per heavy atom. The van der Waals surface area contributed by atoms with E-state index < -0.39 is 0 Å². The molecule has 0 aliphatic rings. The molecule has 2 N–H and O–H groups in total. The van der Waals surface area contributed by atoms with Crippen LogP contribution in [0, 0.1) is 0 Å². The second-order valence-electron chi connectivity index (χ2n) is 4.56. The van der Waals surface area contributed by atoms with Crippen molar-refractivity contribution in [2.75, 3.05) is 25.5 Å². The van der Waals surface area contributed by atoms with E-state index in [2.05, 4.69) is 12.2 Å². The lowest BCUT2D eigenvalue weighted by Crippen LogP contribution is -2.24. The van der Waals surface area contributed by atoms with E-state index in [1.54, 1.807) is 12.1 Å². The molecule has 1 aromatic rings. The standard InChI is InChI=1S/C14H22N2O2/c1-4-5-6-9-15-14(18)12-8-7-11(16(2)3)10-13(12)17/h7-8,10,17H,4-6,9H2,1-3H3,(H,15,18). The first kappa shape index (κ1) is 14.4. The van der Waals surface area contributed by atoms with Crippen molar-refractivity contribution in [3.63, 3.8) is 0 Å². The molecule has 0 bridgehead atoms. The number of amides is 1. The summed E-state index contributed by atoms with van der Waals surface area (Å²) >= 11 is 0. The maximum atomic E-state index is 11.8. The molecule has 0 radical (unpaired) electrons. The highest BCUT2D eigenvalue weighted by molar-refractivity contribution is 5.97. The van der Waals surface area contributed by atoms with E-state index in [0.29, 0.717) is 12.1 Å². The van der Waals surface area contributed by atoms with Crippen molar-refractivity contribution in [2.45, 2.75) is 26.2 Å². The molecule has 0 aliphatic carbocycles. The first-order valence-electron chi connectivity index (χ1n) is 6.34. The first-order chi connectivity index (χ1) is 8.56. The highest BCUT2D eigenvalue weighted by Crippen LogP contribution is 2.23. The Labute approximate surface area is 109 Å². The Kier molecular flexibility index (Phi) is 5.49. The number of nitrogens with one attached hydrogen (secondary N) is 1. The van der Waals surface area contributed by atoms with E-state index in [1.165, 1.54) is 0 Å². The lowest BCUT2D eigenvalue weighted by atomic mass is 10.1. The molecule has 0 spiro atoms. The van der Waals surface area contributed by atoms with Gasteiger partial charge in [-0.05, 0) is 18.6 Å². The summed E-state index contributed by atoms with van der Waals surface area (Å²) in [4.78, 5) is 13.7. The molecule has 100 valence electrons. The Morgan fingerprint density at radius 3 is 2.61 bits per heavy atom. The fourth-order valence-electron chi connectivity index (χ4n) is 1.66. The molecular weight excluding hydrogens is 228 g/mol. The average Bonchev–Trinajstić information content (AvgIpc) is 2.34. The molecule has 1 rings (SSSR count). The van der Waals surface area contributed by atoms with Crippen LogP contribution in [0.5, 0.6) is 5.75 Å². The molecule has 0 unspecified atom stereocenters. The van der Waals surface area contributed by atoms with Crippen LogP contribution in [0.2, 0.25) is 0 Å². The van der Waals surface area contributed by atoms with Gasteiger partial charge in [0.15, 0.2) is 0 Å². The Balaban J connectivity index is 2.63. The minimum Gasteiger partial charge on any atom is -0.507 e. The second kappa shape index (κ2) is 6.89. The quantitative estimate of drug-likeness (QED) is 0.762. The van der Waals surface area contributed by atoms with E-state index in [-0.39, 0.29) is 11.7 Å². The maximum Gasteiger partial charge on any atom is 0.255 e. The van der Waals surface area contributed by atoms with Crippen molar-refractivity contribution in [2.24, 2.45) is 0 Å². The number of hydrogen-bond acceptors (Lipinski definition) is 3. The van der Waals surface area contributed by atoms with Gasteiger partial charge in [-0.1, -0.05) is 19.8 Å². The van der Waals surface area contributed by atoms with Crippen molar-refractivity contribution in [1.29, 1.82) is 0 Å². The van der Waals surface area contributed by atoms with Gasteiger partial charge in [-0.2, -0.15) is 0 Å². The molecule has 0 saturated heterocycles. The fraction of sp³-hybridized carbons (Fsp3) is 0.500. The number of carbonyl (C=O) groups excluding carboxylic acids is 1. The van der Waals surface area contributed by atoms with E-state index in [0.717, 1.165) is 24.9 Å². The van der Waals surface area contributed by atoms with Gasteiger partial charge in [0.05, 0.1) is 5.56 Å². The van der Waals surface area contributed by atoms with Gasteiger partial charge >= 0.3 is 0 Å². The van der Waals surface area contributed by atoms with Crippen LogP contribution >= 0.6 is 0 Å². The zero-order valence-corrected chi connectivity index (χ0v) is 11.4. The number of anilines is 1. The number of phenols is 1. The van der Waals surface area contributed by atoms with Crippen molar-refractivity contribution in [3.05, 3.63) is 23.8 Å². The summed E-state index contributed by atoms with van der Waals surface area (Å²) in [7, 11) is 3.78. The molecule has 1 aromatic carbocycles. The predicted octanol–water partition coefficient (Wildman–Crippen LogP) is 2.38. The van der Waals surface area contributed by atoms with Crippen molar-refractivity contribution >= 4 is 11.6 Å². The van der Waals surface area contributed by atoms with E-state index in [4.69, 9.17) is 0 Å². The number of hydrogen-bond donors (Lipinski definition) is 2. The number of aromatic hydroxyl groups is 1. The van der Waals surface area contributed by atoms with Gasteiger partial charge in [0, 0.05) is 32.4 Å². The van der Waals surface area contributed by atoms with Crippen LogP contribution in [0.4, 0.5) is 5.69 Å². The van der Waals surface area contributed by atoms with Crippen LogP contribution in [-0.2, 0) is 0 Å². The zero-order valence-electron chi connectivity index (χ0n) is 11.4. The number of unbranched alkanes of at least 4 members (excludes halogenated alkanes) is 2. The van der Waals surface area contributed by atoms with Crippen LogP contribution in [0.3, 0.4) is 0 Å². The van der Waals surface area contributed by atoms with Gasteiger partial charge < -0.3 is 15.3 Å². The fourth-order valence-corrected chi connectivity index (χ4v) is 1.66. The van der Waals surface area contributed by atoms with E-state index in [1.807, 2.05) is 25.1 Å². The van der Waals surface area contributed by atoms with Gasteiger partial charge in [-0.15, -0.1) is 0 Å². The third-order valence-corrected chi connectivity index (χ3v) is 2.81. The molecule has 0 aliphatic heterocycles. The van der Waals surface area contributed by atoms with E-state index in [9.17, 15) is 9.90 Å². The summed E-state index contributed by atoms with van der Waals surface area (Å²) in [5.74, 6) is -0.192. The van der Waals surface area contributed by atoms with Gasteiger partial charge in [0.25, 0.3) is 5.91 Å². The third-order valence-electron chi connectivity index (χ3n) is 2.81. The summed E-state index contributed by atoms with van der Waals surface area (Å²) in [5, 5.41) is 12.6. The van der Waals surface area contributed by atoms with Crippen molar-refractivity contribution < 1.29 is 9.90 Å². The molecule has 0 fully saturated rings. The second-order valence-corrected chi connectivity index (χ2v) is 4.56. The monoisotopic (exact) mass is 250 g/mol. The molecule has 0 heterocycles. The lowest BCUT2D eigenvalue weighted by Gasteiger charge is -2.14. The lowest BCUT2D eigenvalue weighted by molar-refractivity contribution is 0.0950. The van der Waals surface area contributed by atoms with Gasteiger partial charge in [0.1, 0.15) is 5.75 Å². The summed E-state index contributed by atoms with van der Waals surface area (Å²) in [5.41, 5.74) is 1.20. The third kappa shape index (κ3) is 3.95. The topological polar surface area (TPSA) is 52.6 Å². The molecule has 0 saturated carbocycles. The minimum atomic E-state index is -0.214. The van der Waals surface area contributed by atoms with Crippen LogP contribution in [0.15, 0.2) is 18.2 Å². The summed E-state index contributed by atoms with van der Waals surface area (Å²) in [6, 6.07) is 5.07. The van der Waals surface area contributed by atoms with Crippen molar-refractivity contribution in [3.8, 4) is 5.75 Å². The smallest absolute Gasteiger partial charge is 0.255 e. The normalized spacial score (nSPS) is 10.2.